The van der Waals surface area contributed by atoms with Crippen molar-refractivity contribution >= 4 is 63.6 Å². The number of carbonyl (C=O) groups excluding carboxylic acids is 4. The first-order valence-corrected chi connectivity index (χ1v) is 22.7. The van der Waals surface area contributed by atoms with Crippen LogP contribution < -0.4 is 31.1 Å². The van der Waals surface area contributed by atoms with Crippen molar-refractivity contribution in [1.82, 2.24) is 35.0 Å². The van der Waals surface area contributed by atoms with E-state index < -0.39 is 23.8 Å². The SMILES string of the molecule is CNC(=O)COc1cc2cc(Nc3nc(N4CCC(O[C@H]5C[C@H](N6CCC(c7ccc8c(c7)CN(C7CCC(=O)NC7=O)C8=O)C(F)(F)C6)C5)CC4)ncc3Cl)ccc2n(C(C)C)c1=O. The van der Waals surface area contributed by atoms with Gasteiger partial charge in [0.25, 0.3) is 23.3 Å². The number of nitrogens with zero attached hydrogens (tertiary/aromatic N) is 6. The maximum atomic E-state index is 15.9. The van der Waals surface area contributed by atoms with Crippen molar-refractivity contribution in [1.29, 1.82) is 0 Å². The molecule has 2 atom stereocenters. The average molecular weight is 916 g/mol. The lowest BCUT2D eigenvalue weighted by molar-refractivity contribution is -0.137. The molecule has 9 rings (SSSR count). The minimum Gasteiger partial charge on any atom is -0.478 e. The lowest BCUT2D eigenvalue weighted by Crippen LogP contribution is -2.56. The molecule has 4 aliphatic heterocycles. The molecule has 2 aromatic heterocycles. The summed E-state index contributed by atoms with van der Waals surface area (Å²) in [6, 6.07) is 11.2. The van der Waals surface area contributed by atoms with Gasteiger partial charge in [-0.2, -0.15) is 4.98 Å². The number of likely N-dealkylation sites (tertiary alicyclic amines) is 1. The molecule has 4 fully saturated rings. The molecule has 19 heteroatoms. The van der Waals surface area contributed by atoms with E-state index in [1.165, 1.54) is 11.9 Å². The number of carbonyl (C=O) groups is 4. The summed E-state index contributed by atoms with van der Waals surface area (Å²) < 4.78 is 45.5. The maximum Gasteiger partial charge on any atom is 0.293 e. The van der Waals surface area contributed by atoms with Crippen LogP contribution in [0.25, 0.3) is 10.9 Å². The molecule has 3 saturated heterocycles. The van der Waals surface area contributed by atoms with Crippen LogP contribution in [0.4, 0.5) is 26.2 Å². The number of likely N-dealkylation sites (N-methyl/N-ethyl adjacent to an activating group) is 1. The third kappa shape index (κ3) is 8.99. The van der Waals surface area contributed by atoms with E-state index in [1.807, 2.05) is 36.9 Å². The number of benzene rings is 2. The predicted molar refractivity (Wildman–Crippen MR) is 238 cm³/mol. The number of rotatable bonds is 12. The number of anilines is 3. The van der Waals surface area contributed by atoms with Gasteiger partial charge < -0.3 is 34.5 Å². The second-order valence-corrected chi connectivity index (χ2v) is 18.4. The van der Waals surface area contributed by atoms with Crippen molar-refractivity contribution < 1.29 is 37.4 Å². The van der Waals surface area contributed by atoms with Crippen LogP contribution in [0, 0.1) is 0 Å². The summed E-state index contributed by atoms with van der Waals surface area (Å²) in [5, 5.41) is 9.13. The van der Waals surface area contributed by atoms with E-state index in [2.05, 4.69) is 25.8 Å². The third-order valence-corrected chi connectivity index (χ3v) is 13.7. The molecule has 1 aliphatic carbocycles. The first kappa shape index (κ1) is 44.5. The Kier molecular flexibility index (Phi) is 12.3. The van der Waals surface area contributed by atoms with E-state index in [0.717, 1.165) is 18.2 Å². The summed E-state index contributed by atoms with van der Waals surface area (Å²) >= 11 is 6.58. The van der Waals surface area contributed by atoms with Gasteiger partial charge in [0.1, 0.15) is 11.1 Å². The molecule has 65 heavy (non-hydrogen) atoms. The van der Waals surface area contributed by atoms with E-state index in [-0.39, 0.29) is 92.3 Å². The van der Waals surface area contributed by atoms with E-state index in [4.69, 9.17) is 26.1 Å². The molecule has 0 radical (unpaired) electrons. The minimum atomic E-state index is -2.97. The zero-order valence-electron chi connectivity index (χ0n) is 36.5. The largest absolute Gasteiger partial charge is 0.478 e. The molecule has 0 spiro atoms. The van der Waals surface area contributed by atoms with Gasteiger partial charge in [0, 0.05) is 61.8 Å². The van der Waals surface area contributed by atoms with Crippen LogP contribution in [-0.2, 0) is 25.7 Å². The van der Waals surface area contributed by atoms with Gasteiger partial charge in [0.2, 0.25) is 17.8 Å². The summed E-state index contributed by atoms with van der Waals surface area (Å²) in [7, 11) is 1.50. The Labute approximate surface area is 379 Å². The van der Waals surface area contributed by atoms with Gasteiger partial charge in [0.05, 0.1) is 36.4 Å². The van der Waals surface area contributed by atoms with Crippen molar-refractivity contribution in [3.63, 3.8) is 0 Å². The molecule has 4 aromatic rings. The molecule has 0 bridgehead atoms. The van der Waals surface area contributed by atoms with Crippen LogP contribution in [0.5, 0.6) is 5.75 Å². The molecule has 16 nitrogen and oxygen atoms in total. The lowest BCUT2D eigenvalue weighted by Gasteiger charge is -2.48. The number of amides is 4. The monoisotopic (exact) mass is 915 g/mol. The van der Waals surface area contributed by atoms with E-state index in [9.17, 15) is 24.0 Å². The molecule has 4 amide bonds. The fourth-order valence-corrected chi connectivity index (χ4v) is 10.0. The fourth-order valence-electron chi connectivity index (χ4n) is 9.88. The number of hydrogen-bond acceptors (Lipinski definition) is 12. The number of nitrogens with one attached hydrogen (secondary N) is 3. The van der Waals surface area contributed by atoms with Gasteiger partial charge in [-0.15, -0.1) is 0 Å². The topological polar surface area (TPSA) is 180 Å². The number of pyridine rings is 1. The summed E-state index contributed by atoms with van der Waals surface area (Å²) in [4.78, 5) is 77.0. The van der Waals surface area contributed by atoms with Gasteiger partial charge in [-0.05, 0) is 100 Å². The number of aromatic nitrogens is 3. The van der Waals surface area contributed by atoms with Crippen LogP contribution in [-0.4, -0.2) is 118 Å². The Balaban J connectivity index is 0.759. The quantitative estimate of drug-likeness (QED) is 0.157. The van der Waals surface area contributed by atoms with E-state index in [0.29, 0.717) is 77.2 Å². The van der Waals surface area contributed by atoms with E-state index >= 15 is 8.78 Å². The van der Waals surface area contributed by atoms with Crippen LogP contribution in [0.1, 0.15) is 92.2 Å². The minimum absolute atomic E-state index is 0.00252. The lowest BCUT2D eigenvalue weighted by atomic mass is 9.81. The highest BCUT2D eigenvalue weighted by Gasteiger charge is 2.49. The molecule has 3 N–H and O–H groups in total. The number of halogens is 3. The molecule has 344 valence electrons. The Morgan fingerprint density at radius 2 is 1.78 bits per heavy atom. The normalized spacial score (nSPS) is 23.6. The highest BCUT2D eigenvalue weighted by atomic mass is 35.5. The van der Waals surface area contributed by atoms with Crippen LogP contribution in [0.15, 0.2) is 53.5 Å². The number of ether oxygens (including phenoxy) is 2. The average Bonchev–Trinajstić information content (AvgIpc) is 3.58. The highest BCUT2D eigenvalue weighted by Crippen LogP contribution is 2.44. The molecule has 2 aromatic carbocycles. The first-order valence-electron chi connectivity index (χ1n) is 22.3. The number of alkyl halides is 2. The summed E-state index contributed by atoms with van der Waals surface area (Å²) in [6.45, 7) is 5.18. The Morgan fingerprint density at radius 3 is 2.51 bits per heavy atom. The summed E-state index contributed by atoms with van der Waals surface area (Å²) in [6.07, 6.45) is 5.16. The van der Waals surface area contributed by atoms with Crippen LogP contribution in [0.3, 0.4) is 0 Å². The number of piperidine rings is 3. The second-order valence-electron chi connectivity index (χ2n) is 18.0. The van der Waals surface area contributed by atoms with Crippen LogP contribution >= 0.6 is 11.6 Å². The molecule has 1 saturated carbocycles. The number of hydrogen-bond donors (Lipinski definition) is 3. The van der Waals surface area contributed by atoms with Crippen molar-refractivity contribution in [2.75, 3.05) is 50.1 Å². The number of imide groups is 1. The van der Waals surface area contributed by atoms with Crippen molar-refractivity contribution in [3.8, 4) is 5.75 Å². The number of fused-ring (bicyclic) bond motifs is 2. The standard InChI is InChI=1S/C46H52ClF2N9O7/c1-25(2)58-36-7-5-29(17-27(36)18-38(44(58)63)64-23-40(60)50-3)52-41-35(47)21-51-45(54-41)55-13-10-31(11-14-55)65-32-19-30(20-32)56-15-12-34(46(48,49)24-56)26-4-6-33-28(16-26)22-57(43(33)62)37-8-9-39(59)53-42(37)61/h4-7,16-18,21,25,30-32,34,37H,8-15,19-20,22-24H2,1-3H3,(H,50,60)(H,51,52,54)(H,53,59,61)/t30-,32-,34?,37?. The van der Waals surface area contributed by atoms with E-state index in [1.54, 1.807) is 35.0 Å². The van der Waals surface area contributed by atoms with Crippen molar-refractivity contribution in [2.45, 2.75) is 108 Å². The second kappa shape index (κ2) is 17.9. The predicted octanol–water partition coefficient (Wildman–Crippen LogP) is 5.30. The van der Waals surface area contributed by atoms with Crippen molar-refractivity contribution in [2.24, 2.45) is 0 Å². The zero-order chi connectivity index (χ0) is 45.7. The molecule has 5 aliphatic rings. The Hall–Kier alpha value is -5.72. The molecule has 2 unspecified atom stereocenters. The Bertz CT molecular complexity index is 2600. The van der Waals surface area contributed by atoms with Gasteiger partial charge in [-0.3, -0.25) is 34.2 Å². The van der Waals surface area contributed by atoms with Gasteiger partial charge in [-0.1, -0.05) is 23.7 Å². The highest BCUT2D eigenvalue weighted by molar-refractivity contribution is 6.33. The zero-order valence-corrected chi connectivity index (χ0v) is 37.2. The smallest absolute Gasteiger partial charge is 0.293 e. The Morgan fingerprint density at radius 1 is 1.00 bits per heavy atom. The first-order chi connectivity index (χ1) is 31.1. The fraction of sp³-hybridized carbons (Fsp3) is 0.500. The van der Waals surface area contributed by atoms with Crippen LogP contribution in [0.2, 0.25) is 5.02 Å². The van der Waals surface area contributed by atoms with Gasteiger partial charge >= 0.3 is 0 Å². The third-order valence-electron chi connectivity index (χ3n) is 13.4. The molecular weight excluding hydrogens is 864 g/mol. The summed E-state index contributed by atoms with van der Waals surface area (Å²) in [5.74, 6) is -4.50. The molecule has 6 heterocycles. The van der Waals surface area contributed by atoms with Gasteiger partial charge in [-0.25, -0.2) is 13.8 Å². The molecular formula is C46H52ClF2N9O7. The summed E-state index contributed by atoms with van der Waals surface area (Å²) in [5.41, 5.74) is 2.59. The maximum absolute atomic E-state index is 15.9. The van der Waals surface area contributed by atoms with Gasteiger partial charge in [0.15, 0.2) is 18.2 Å². The van der Waals surface area contributed by atoms with Crippen molar-refractivity contribution in [3.05, 3.63) is 80.7 Å².